The topological polar surface area (TPSA) is 38.0 Å². The number of hydrogen-bond donors (Lipinski definition) is 1. The second kappa shape index (κ2) is 6.17. The zero-order valence-corrected chi connectivity index (χ0v) is 11.4. The van der Waals surface area contributed by atoms with Crippen LogP contribution in [-0.2, 0) is 13.0 Å². The maximum Gasteiger partial charge on any atom is 0.130 e. The molecule has 1 atom stereocenters. The summed E-state index contributed by atoms with van der Waals surface area (Å²) in [6.07, 6.45) is 3.90. The van der Waals surface area contributed by atoms with Crippen LogP contribution in [0.3, 0.4) is 0 Å². The number of hydrogen-bond acceptors (Lipinski definition) is 2. The summed E-state index contributed by atoms with van der Waals surface area (Å²) in [5.41, 5.74) is 0.246. The molecule has 0 aliphatic heterocycles. The molecule has 0 fully saturated rings. The minimum absolute atomic E-state index is 0.246. The number of aryl methyl sites for hydroxylation is 1. The fourth-order valence-electron chi connectivity index (χ4n) is 2.03. The van der Waals surface area contributed by atoms with Gasteiger partial charge in [0.15, 0.2) is 0 Å². The van der Waals surface area contributed by atoms with Crippen molar-refractivity contribution in [3.05, 3.63) is 52.8 Å². The maximum absolute atomic E-state index is 13.7. The Hall–Kier alpha value is -1.39. The monoisotopic (exact) mass is 282 g/mol. The standard InChI is InChI=1S/C14H16ClFN2O/c1-2-6-18-7-5-17-14(18)9-13(19)11-4-3-10(15)8-12(11)16/h3-5,7-8,13,19H,2,6,9H2,1H3. The zero-order chi connectivity index (χ0) is 13.8. The Morgan fingerprint density at radius 1 is 1.47 bits per heavy atom. The molecule has 1 aromatic carbocycles. The molecule has 1 unspecified atom stereocenters. The minimum atomic E-state index is -0.921. The summed E-state index contributed by atoms with van der Waals surface area (Å²) in [6.45, 7) is 2.91. The molecule has 0 spiro atoms. The highest BCUT2D eigenvalue weighted by Crippen LogP contribution is 2.23. The summed E-state index contributed by atoms with van der Waals surface area (Å²) in [7, 11) is 0. The van der Waals surface area contributed by atoms with E-state index in [0.29, 0.717) is 5.02 Å². The molecule has 0 bridgehead atoms. The predicted molar refractivity (Wildman–Crippen MR) is 72.6 cm³/mol. The van der Waals surface area contributed by atoms with Gasteiger partial charge in [0.05, 0.1) is 6.10 Å². The number of aromatic nitrogens is 2. The summed E-state index contributed by atoms with van der Waals surface area (Å²) in [4.78, 5) is 4.20. The lowest BCUT2D eigenvalue weighted by Crippen LogP contribution is -2.10. The Labute approximate surface area is 116 Å². The number of benzene rings is 1. The number of rotatable bonds is 5. The van der Waals surface area contributed by atoms with Crippen molar-refractivity contribution in [1.82, 2.24) is 9.55 Å². The quantitative estimate of drug-likeness (QED) is 0.913. The van der Waals surface area contributed by atoms with E-state index in [2.05, 4.69) is 11.9 Å². The molecule has 1 heterocycles. The number of nitrogens with zero attached hydrogens (tertiary/aromatic N) is 2. The van der Waals surface area contributed by atoms with Crippen LogP contribution >= 0.6 is 11.6 Å². The third kappa shape index (κ3) is 3.33. The Kier molecular flexibility index (Phi) is 4.56. The zero-order valence-electron chi connectivity index (χ0n) is 10.7. The predicted octanol–water partition coefficient (Wildman–Crippen LogP) is 3.36. The van der Waals surface area contributed by atoms with Gasteiger partial charge in [-0.15, -0.1) is 0 Å². The summed E-state index contributed by atoms with van der Waals surface area (Å²) in [5.74, 6) is 0.261. The highest BCUT2D eigenvalue weighted by Gasteiger charge is 2.16. The van der Waals surface area contributed by atoms with Crippen LogP contribution in [0.4, 0.5) is 4.39 Å². The van der Waals surface area contributed by atoms with Crippen LogP contribution in [0, 0.1) is 5.82 Å². The first-order chi connectivity index (χ1) is 9.11. The van der Waals surface area contributed by atoms with Gasteiger partial charge < -0.3 is 9.67 Å². The number of imidazole rings is 1. The molecule has 19 heavy (non-hydrogen) atoms. The van der Waals surface area contributed by atoms with Crippen molar-refractivity contribution in [1.29, 1.82) is 0 Å². The molecule has 1 N–H and O–H groups in total. The fourth-order valence-corrected chi connectivity index (χ4v) is 2.19. The molecule has 2 aromatic rings. The van der Waals surface area contributed by atoms with Crippen molar-refractivity contribution in [2.75, 3.05) is 0 Å². The summed E-state index contributed by atoms with van der Waals surface area (Å²) in [6, 6.07) is 4.29. The molecule has 1 aromatic heterocycles. The Morgan fingerprint density at radius 2 is 2.26 bits per heavy atom. The maximum atomic E-state index is 13.7. The van der Waals surface area contributed by atoms with Gasteiger partial charge in [-0.1, -0.05) is 24.6 Å². The Bertz CT molecular complexity index is 556. The van der Waals surface area contributed by atoms with Crippen molar-refractivity contribution >= 4 is 11.6 Å². The summed E-state index contributed by atoms with van der Waals surface area (Å²) in [5, 5.41) is 10.4. The van der Waals surface area contributed by atoms with E-state index in [0.717, 1.165) is 18.8 Å². The van der Waals surface area contributed by atoms with Gasteiger partial charge in [0, 0.05) is 35.9 Å². The van der Waals surface area contributed by atoms with Gasteiger partial charge in [-0.25, -0.2) is 9.37 Å². The van der Waals surface area contributed by atoms with Gasteiger partial charge in [-0.3, -0.25) is 0 Å². The smallest absolute Gasteiger partial charge is 0.130 e. The van der Waals surface area contributed by atoms with E-state index in [4.69, 9.17) is 11.6 Å². The van der Waals surface area contributed by atoms with Crippen LogP contribution in [0.2, 0.25) is 5.02 Å². The normalized spacial score (nSPS) is 12.6. The lowest BCUT2D eigenvalue weighted by Gasteiger charge is -2.13. The SMILES string of the molecule is CCCn1ccnc1CC(O)c1ccc(Cl)cc1F. The second-order valence-electron chi connectivity index (χ2n) is 4.42. The molecule has 0 saturated carbocycles. The molecular formula is C14H16ClFN2O. The summed E-state index contributed by atoms with van der Waals surface area (Å²) < 4.78 is 15.7. The average molecular weight is 283 g/mol. The van der Waals surface area contributed by atoms with Crippen molar-refractivity contribution < 1.29 is 9.50 Å². The third-order valence-electron chi connectivity index (χ3n) is 2.96. The Morgan fingerprint density at radius 3 is 2.95 bits per heavy atom. The van der Waals surface area contributed by atoms with E-state index in [1.54, 1.807) is 12.3 Å². The molecule has 5 heteroatoms. The first-order valence-corrected chi connectivity index (χ1v) is 6.62. The van der Waals surface area contributed by atoms with Crippen LogP contribution in [0.25, 0.3) is 0 Å². The van der Waals surface area contributed by atoms with Crippen molar-refractivity contribution in [2.24, 2.45) is 0 Å². The van der Waals surface area contributed by atoms with Crippen LogP contribution in [0.1, 0.15) is 30.8 Å². The van der Waals surface area contributed by atoms with E-state index in [1.807, 2.05) is 10.8 Å². The minimum Gasteiger partial charge on any atom is -0.388 e. The van der Waals surface area contributed by atoms with E-state index < -0.39 is 11.9 Å². The molecule has 102 valence electrons. The first-order valence-electron chi connectivity index (χ1n) is 6.24. The number of aliphatic hydroxyl groups is 1. The van der Waals surface area contributed by atoms with Crippen LogP contribution in [-0.4, -0.2) is 14.7 Å². The first kappa shape index (κ1) is 14.0. The van der Waals surface area contributed by atoms with Crippen molar-refractivity contribution in [2.45, 2.75) is 32.4 Å². The van der Waals surface area contributed by atoms with Gasteiger partial charge >= 0.3 is 0 Å². The molecule has 0 aliphatic rings. The molecule has 0 aliphatic carbocycles. The lowest BCUT2D eigenvalue weighted by molar-refractivity contribution is 0.169. The molecule has 0 saturated heterocycles. The lowest BCUT2D eigenvalue weighted by atomic mass is 10.1. The van der Waals surface area contributed by atoms with E-state index >= 15 is 0 Å². The van der Waals surface area contributed by atoms with E-state index in [1.165, 1.54) is 12.1 Å². The molecule has 2 rings (SSSR count). The van der Waals surface area contributed by atoms with Crippen LogP contribution in [0.15, 0.2) is 30.6 Å². The van der Waals surface area contributed by atoms with Gasteiger partial charge in [0.25, 0.3) is 0 Å². The second-order valence-corrected chi connectivity index (χ2v) is 4.86. The Balaban J connectivity index is 2.16. The van der Waals surface area contributed by atoms with Crippen LogP contribution in [0.5, 0.6) is 0 Å². The molecular weight excluding hydrogens is 267 g/mol. The highest BCUT2D eigenvalue weighted by molar-refractivity contribution is 6.30. The largest absolute Gasteiger partial charge is 0.388 e. The molecule has 0 radical (unpaired) electrons. The number of halogens is 2. The van der Waals surface area contributed by atoms with Gasteiger partial charge in [-0.2, -0.15) is 0 Å². The third-order valence-corrected chi connectivity index (χ3v) is 3.20. The summed E-state index contributed by atoms with van der Waals surface area (Å²) >= 11 is 5.69. The van der Waals surface area contributed by atoms with E-state index in [-0.39, 0.29) is 12.0 Å². The van der Waals surface area contributed by atoms with E-state index in [9.17, 15) is 9.50 Å². The van der Waals surface area contributed by atoms with Gasteiger partial charge in [-0.05, 0) is 18.6 Å². The van der Waals surface area contributed by atoms with Gasteiger partial charge in [0.2, 0.25) is 0 Å². The van der Waals surface area contributed by atoms with Crippen molar-refractivity contribution in [3.8, 4) is 0 Å². The highest BCUT2D eigenvalue weighted by atomic mass is 35.5. The number of aliphatic hydroxyl groups excluding tert-OH is 1. The van der Waals surface area contributed by atoms with Crippen molar-refractivity contribution in [3.63, 3.8) is 0 Å². The fraction of sp³-hybridized carbons (Fsp3) is 0.357. The average Bonchev–Trinajstić information content (AvgIpc) is 2.77. The van der Waals surface area contributed by atoms with Gasteiger partial charge in [0.1, 0.15) is 11.6 Å². The van der Waals surface area contributed by atoms with Crippen LogP contribution < -0.4 is 0 Å². The molecule has 0 amide bonds. The molecule has 3 nitrogen and oxygen atoms in total.